The van der Waals surface area contributed by atoms with Crippen molar-refractivity contribution in [2.24, 2.45) is 12.8 Å². The molecule has 0 saturated heterocycles. The average molecular weight is 426 g/mol. The molecule has 0 fully saturated rings. The molecule has 164 valence electrons. The van der Waals surface area contributed by atoms with Gasteiger partial charge in [-0.05, 0) is 48.6 Å². The van der Waals surface area contributed by atoms with Gasteiger partial charge in [-0.15, -0.1) is 5.10 Å². The molecule has 2 N–H and O–H groups in total. The van der Waals surface area contributed by atoms with Gasteiger partial charge < -0.3 is 10.6 Å². The molecule has 0 aliphatic rings. The van der Waals surface area contributed by atoms with Crippen LogP contribution in [-0.2, 0) is 19.0 Å². The molecule has 0 radical (unpaired) electrons. The molecule has 4 aromatic rings. The predicted molar refractivity (Wildman–Crippen MR) is 131 cm³/mol. The van der Waals surface area contributed by atoms with Crippen molar-refractivity contribution < 1.29 is 0 Å². The summed E-state index contributed by atoms with van der Waals surface area (Å²) in [7, 11) is 1.90. The predicted octanol–water partition coefficient (Wildman–Crippen LogP) is 4.52. The lowest BCUT2D eigenvalue weighted by Gasteiger charge is -2.33. The maximum Gasteiger partial charge on any atom is 0.0923 e. The molecule has 0 amide bonds. The molecule has 32 heavy (non-hydrogen) atoms. The van der Waals surface area contributed by atoms with Crippen LogP contribution in [0.2, 0.25) is 0 Å². The SMILES string of the molecule is CCN(CCCc1cn(C)nn1)c1cccc(C(N)(c2ccccc2)c2ccccc2)c1. The largest absolute Gasteiger partial charge is 0.372 e. The first-order valence-electron chi connectivity index (χ1n) is 11.2. The molecular formula is C27H31N5. The van der Waals surface area contributed by atoms with Crippen molar-refractivity contribution in [2.75, 3.05) is 18.0 Å². The lowest BCUT2D eigenvalue weighted by Crippen LogP contribution is -2.39. The van der Waals surface area contributed by atoms with E-state index < -0.39 is 5.54 Å². The second-order valence-electron chi connectivity index (χ2n) is 8.16. The molecule has 0 spiro atoms. The molecule has 0 aliphatic carbocycles. The number of aromatic nitrogens is 3. The van der Waals surface area contributed by atoms with Crippen LogP contribution in [0.3, 0.4) is 0 Å². The maximum absolute atomic E-state index is 7.21. The van der Waals surface area contributed by atoms with Crippen LogP contribution in [0.25, 0.3) is 0 Å². The molecule has 5 nitrogen and oxygen atoms in total. The number of nitrogens with two attached hydrogens (primary N) is 1. The lowest BCUT2D eigenvalue weighted by atomic mass is 9.78. The van der Waals surface area contributed by atoms with Crippen LogP contribution in [0.5, 0.6) is 0 Å². The molecule has 0 atom stereocenters. The monoisotopic (exact) mass is 425 g/mol. The highest BCUT2D eigenvalue weighted by molar-refractivity contribution is 5.56. The number of hydrogen-bond acceptors (Lipinski definition) is 4. The number of rotatable bonds is 9. The third kappa shape index (κ3) is 4.58. The smallest absolute Gasteiger partial charge is 0.0923 e. The Hall–Kier alpha value is -3.44. The van der Waals surface area contributed by atoms with E-state index in [9.17, 15) is 0 Å². The summed E-state index contributed by atoms with van der Waals surface area (Å²) in [5.74, 6) is 0. The summed E-state index contributed by atoms with van der Waals surface area (Å²) in [4.78, 5) is 2.40. The second kappa shape index (κ2) is 9.79. The van der Waals surface area contributed by atoms with Gasteiger partial charge in [-0.25, -0.2) is 0 Å². The van der Waals surface area contributed by atoms with E-state index in [1.807, 2.05) is 25.4 Å². The molecule has 0 unspecified atom stereocenters. The fourth-order valence-electron chi connectivity index (χ4n) is 4.28. The molecular weight excluding hydrogens is 394 g/mol. The molecule has 0 bridgehead atoms. The number of anilines is 1. The van der Waals surface area contributed by atoms with E-state index in [0.717, 1.165) is 48.3 Å². The molecule has 1 heterocycles. The molecule has 4 rings (SSSR count). The van der Waals surface area contributed by atoms with Crippen LogP contribution in [0.15, 0.2) is 91.1 Å². The summed E-state index contributed by atoms with van der Waals surface area (Å²) in [5, 5.41) is 8.23. The van der Waals surface area contributed by atoms with Gasteiger partial charge in [-0.3, -0.25) is 4.68 Å². The first-order valence-corrected chi connectivity index (χ1v) is 11.2. The van der Waals surface area contributed by atoms with Gasteiger partial charge in [0.1, 0.15) is 0 Å². The summed E-state index contributed by atoms with van der Waals surface area (Å²) < 4.78 is 1.75. The second-order valence-corrected chi connectivity index (χ2v) is 8.16. The third-order valence-corrected chi connectivity index (χ3v) is 6.02. The first-order chi connectivity index (χ1) is 15.6. The number of hydrogen-bond donors (Lipinski definition) is 1. The quantitative estimate of drug-likeness (QED) is 0.401. The van der Waals surface area contributed by atoms with Gasteiger partial charge in [0.2, 0.25) is 0 Å². The zero-order chi connectivity index (χ0) is 22.4. The Bertz CT molecular complexity index is 1080. The normalized spacial score (nSPS) is 11.5. The minimum atomic E-state index is -0.725. The van der Waals surface area contributed by atoms with Crippen LogP contribution in [0, 0.1) is 0 Å². The van der Waals surface area contributed by atoms with Gasteiger partial charge in [0.25, 0.3) is 0 Å². The van der Waals surface area contributed by atoms with Crippen molar-refractivity contribution in [1.29, 1.82) is 0 Å². The first kappa shape index (κ1) is 21.8. The van der Waals surface area contributed by atoms with Crippen molar-refractivity contribution in [3.63, 3.8) is 0 Å². The van der Waals surface area contributed by atoms with Crippen molar-refractivity contribution >= 4 is 5.69 Å². The minimum Gasteiger partial charge on any atom is -0.372 e. The maximum atomic E-state index is 7.21. The Kier molecular flexibility index (Phi) is 6.66. The van der Waals surface area contributed by atoms with E-state index in [2.05, 4.69) is 94.9 Å². The Balaban J connectivity index is 1.63. The standard InChI is InChI=1S/C27H31N5/c1-3-32(19-11-17-25-21-31(2)30-29-25)26-18-10-16-24(20-26)27(28,22-12-6-4-7-13-22)23-14-8-5-9-15-23/h4-10,12-16,18,20-21H,3,11,17,19,28H2,1-2H3. The third-order valence-electron chi connectivity index (χ3n) is 6.02. The van der Waals surface area contributed by atoms with Gasteiger partial charge in [-0.2, -0.15) is 0 Å². The van der Waals surface area contributed by atoms with Crippen LogP contribution >= 0.6 is 0 Å². The highest BCUT2D eigenvalue weighted by atomic mass is 15.4. The highest BCUT2D eigenvalue weighted by Crippen LogP contribution is 2.35. The van der Waals surface area contributed by atoms with E-state index in [1.165, 1.54) is 5.69 Å². The van der Waals surface area contributed by atoms with Gasteiger partial charge >= 0.3 is 0 Å². The molecule has 3 aromatic carbocycles. The fourth-order valence-corrected chi connectivity index (χ4v) is 4.28. The van der Waals surface area contributed by atoms with Gasteiger partial charge in [0.15, 0.2) is 0 Å². The van der Waals surface area contributed by atoms with Crippen molar-refractivity contribution in [1.82, 2.24) is 15.0 Å². The molecule has 0 aliphatic heterocycles. The van der Waals surface area contributed by atoms with Crippen molar-refractivity contribution in [2.45, 2.75) is 25.3 Å². The summed E-state index contributed by atoms with van der Waals surface area (Å²) in [6.45, 7) is 4.07. The fraction of sp³-hybridized carbons (Fsp3) is 0.259. The van der Waals surface area contributed by atoms with Gasteiger partial charge in [-0.1, -0.05) is 78.0 Å². The van der Waals surface area contributed by atoms with Crippen LogP contribution < -0.4 is 10.6 Å². The number of nitrogens with zero attached hydrogens (tertiary/aromatic N) is 4. The van der Waals surface area contributed by atoms with E-state index in [4.69, 9.17) is 5.73 Å². The summed E-state index contributed by atoms with van der Waals surface area (Å²) in [6, 6.07) is 29.4. The Labute approximate surface area is 190 Å². The van der Waals surface area contributed by atoms with Gasteiger partial charge in [0, 0.05) is 32.0 Å². The van der Waals surface area contributed by atoms with E-state index >= 15 is 0 Å². The zero-order valence-electron chi connectivity index (χ0n) is 18.9. The summed E-state index contributed by atoms with van der Waals surface area (Å²) in [6.07, 6.45) is 3.92. The number of benzene rings is 3. The van der Waals surface area contributed by atoms with Crippen LogP contribution in [-0.4, -0.2) is 28.1 Å². The van der Waals surface area contributed by atoms with E-state index in [-0.39, 0.29) is 0 Å². The Morgan fingerprint density at radius 3 is 2.06 bits per heavy atom. The lowest BCUT2D eigenvalue weighted by molar-refractivity contribution is 0.651. The van der Waals surface area contributed by atoms with Crippen LogP contribution in [0.4, 0.5) is 5.69 Å². The van der Waals surface area contributed by atoms with Gasteiger partial charge in [0.05, 0.1) is 11.2 Å². The van der Waals surface area contributed by atoms with Crippen LogP contribution in [0.1, 0.15) is 35.7 Å². The summed E-state index contributed by atoms with van der Waals surface area (Å²) >= 11 is 0. The molecule has 0 saturated carbocycles. The number of aryl methyl sites for hydroxylation is 2. The molecule has 5 heteroatoms. The van der Waals surface area contributed by atoms with Crippen molar-refractivity contribution in [3.05, 3.63) is 114 Å². The van der Waals surface area contributed by atoms with E-state index in [0.29, 0.717) is 0 Å². The zero-order valence-corrected chi connectivity index (χ0v) is 18.9. The Morgan fingerprint density at radius 2 is 1.50 bits per heavy atom. The average Bonchev–Trinajstić information content (AvgIpc) is 3.27. The highest BCUT2D eigenvalue weighted by Gasteiger charge is 2.32. The minimum absolute atomic E-state index is 0.725. The topological polar surface area (TPSA) is 60.0 Å². The Morgan fingerprint density at radius 1 is 0.875 bits per heavy atom. The summed E-state index contributed by atoms with van der Waals surface area (Å²) in [5.41, 5.74) is 11.9. The van der Waals surface area contributed by atoms with Crippen molar-refractivity contribution in [3.8, 4) is 0 Å². The molecule has 1 aromatic heterocycles. The van der Waals surface area contributed by atoms with E-state index in [1.54, 1.807) is 4.68 Å².